The highest BCUT2D eigenvalue weighted by molar-refractivity contribution is 7.09. The minimum absolute atomic E-state index is 0.219. The van der Waals surface area contributed by atoms with Gasteiger partial charge in [0, 0.05) is 17.3 Å². The van der Waals surface area contributed by atoms with Crippen molar-refractivity contribution in [2.45, 2.75) is 63.8 Å². The molecule has 21 heavy (non-hydrogen) atoms. The second-order valence-corrected chi connectivity index (χ2v) is 7.13. The zero-order chi connectivity index (χ0) is 14.9. The number of hydrogen-bond acceptors (Lipinski definition) is 3. The van der Waals surface area contributed by atoms with Crippen molar-refractivity contribution in [3.05, 3.63) is 22.4 Å². The summed E-state index contributed by atoms with van der Waals surface area (Å²) in [5.41, 5.74) is 5.81. The van der Waals surface area contributed by atoms with Crippen molar-refractivity contribution in [1.82, 2.24) is 5.32 Å². The Morgan fingerprint density at radius 3 is 2.90 bits per heavy atom. The van der Waals surface area contributed by atoms with Gasteiger partial charge in [-0.2, -0.15) is 0 Å². The van der Waals surface area contributed by atoms with Crippen LogP contribution in [0.25, 0.3) is 0 Å². The Hall–Kier alpha value is -0.870. The number of carbonyl (C=O) groups is 1. The molecule has 3 nitrogen and oxygen atoms in total. The van der Waals surface area contributed by atoms with Crippen LogP contribution in [0.15, 0.2) is 17.5 Å². The van der Waals surface area contributed by atoms with E-state index in [9.17, 15) is 4.79 Å². The maximum Gasteiger partial charge on any atom is 0.220 e. The van der Waals surface area contributed by atoms with Gasteiger partial charge in [0.15, 0.2) is 0 Å². The molecule has 1 fully saturated rings. The predicted octanol–water partition coefficient (Wildman–Crippen LogP) is 3.48. The maximum absolute atomic E-state index is 12.0. The second kappa shape index (κ2) is 9.21. The SMILES string of the molecule is NCC1CCCCC1NC(=O)CCCCCc1cccs1. The standard InChI is InChI=1S/C17H28N2OS/c18-13-14-7-4-5-10-16(14)19-17(20)11-3-1-2-8-15-9-6-12-21-15/h6,9,12,14,16H,1-5,7-8,10-11,13,18H2,(H,19,20). The average Bonchev–Trinajstić information content (AvgIpc) is 3.01. The lowest BCUT2D eigenvalue weighted by Gasteiger charge is -2.31. The van der Waals surface area contributed by atoms with E-state index >= 15 is 0 Å². The van der Waals surface area contributed by atoms with Crippen molar-refractivity contribution in [3.63, 3.8) is 0 Å². The Bertz CT molecular complexity index is 405. The molecule has 1 aromatic heterocycles. The lowest BCUT2D eigenvalue weighted by atomic mass is 9.84. The minimum atomic E-state index is 0.219. The van der Waals surface area contributed by atoms with Gasteiger partial charge in [0.1, 0.15) is 0 Å². The van der Waals surface area contributed by atoms with Crippen LogP contribution < -0.4 is 11.1 Å². The summed E-state index contributed by atoms with van der Waals surface area (Å²) in [4.78, 5) is 13.5. The van der Waals surface area contributed by atoms with Crippen LogP contribution in [0.1, 0.15) is 56.2 Å². The van der Waals surface area contributed by atoms with E-state index in [1.165, 1.54) is 30.6 Å². The van der Waals surface area contributed by atoms with Crippen LogP contribution in [0.3, 0.4) is 0 Å². The molecule has 2 atom stereocenters. The fraction of sp³-hybridized carbons (Fsp3) is 0.706. The largest absolute Gasteiger partial charge is 0.353 e. The summed E-state index contributed by atoms with van der Waals surface area (Å²) in [6.07, 6.45) is 9.89. The summed E-state index contributed by atoms with van der Waals surface area (Å²) >= 11 is 1.82. The lowest BCUT2D eigenvalue weighted by molar-refractivity contribution is -0.122. The van der Waals surface area contributed by atoms with Gasteiger partial charge in [-0.3, -0.25) is 4.79 Å². The molecule has 118 valence electrons. The predicted molar refractivity (Wildman–Crippen MR) is 89.4 cm³/mol. The van der Waals surface area contributed by atoms with E-state index in [2.05, 4.69) is 22.8 Å². The van der Waals surface area contributed by atoms with Crippen LogP contribution in [-0.2, 0) is 11.2 Å². The van der Waals surface area contributed by atoms with Crippen molar-refractivity contribution in [2.75, 3.05) is 6.54 Å². The number of rotatable bonds is 8. The molecule has 2 rings (SSSR count). The lowest BCUT2D eigenvalue weighted by Crippen LogP contribution is -2.44. The van der Waals surface area contributed by atoms with Gasteiger partial charge in [0.25, 0.3) is 0 Å². The molecule has 1 saturated carbocycles. The summed E-state index contributed by atoms with van der Waals surface area (Å²) in [6.45, 7) is 0.700. The Morgan fingerprint density at radius 1 is 1.29 bits per heavy atom. The molecule has 1 aliphatic carbocycles. The number of aryl methyl sites for hydroxylation is 1. The van der Waals surface area contributed by atoms with Crippen LogP contribution in [0, 0.1) is 5.92 Å². The first-order valence-electron chi connectivity index (χ1n) is 8.31. The summed E-state index contributed by atoms with van der Waals surface area (Å²) in [5, 5.41) is 5.33. The first-order valence-corrected chi connectivity index (χ1v) is 9.19. The number of unbranched alkanes of at least 4 members (excludes halogenated alkanes) is 2. The van der Waals surface area contributed by atoms with E-state index in [-0.39, 0.29) is 5.91 Å². The molecule has 0 saturated heterocycles. The second-order valence-electron chi connectivity index (χ2n) is 6.09. The van der Waals surface area contributed by atoms with E-state index in [0.717, 1.165) is 25.7 Å². The highest BCUT2D eigenvalue weighted by Gasteiger charge is 2.24. The van der Waals surface area contributed by atoms with Crippen LogP contribution in [0.4, 0.5) is 0 Å². The quantitative estimate of drug-likeness (QED) is 0.722. The van der Waals surface area contributed by atoms with Crippen LogP contribution in [0.2, 0.25) is 0 Å². The molecule has 1 amide bonds. The minimum Gasteiger partial charge on any atom is -0.353 e. The average molecular weight is 308 g/mol. The molecule has 0 spiro atoms. The first-order chi connectivity index (χ1) is 10.3. The van der Waals surface area contributed by atoms with Crippen molar-refractivity contribution >= 4 is 17.2 Å². The molecule has 0 aromatic carbocycles. The number of thiophene rings is 1. The van der Waals surface area contributed by atoms with E-state index in [1.807, 2.05) is 11.3 Å². The highest BCUT2D eigenvalue weighted by atomic mass is 32.1. The number of carbonyl (C=O) groups excluding carboxylic acids is 1. The van der Waals surface area contributed by atoms with Crippen LogP contribution >= 0.6 is 11.3 Å². The molecule has 1 heterocycles. The van der Waals surface area contributed by atoms with Gasteiger partial charge in [-0.1, -0.05) is 25.3 Å². The molecule has 0 radical (unpaired) electrons. The molecule has 1 aliphatic rings. The zero-order valence-corrected chi connectivity index (χ0v) is 13.7. The van der Waals surface area contributed by atoms with Gasteiger partial charge < -0.3 is 11.1 Å². The maximum atomic E-state index is 12.0. The topological polar surface area (TPSA) is 55.1 Å². The van der Waals surface area contributed by atoms with Gasteiger partial charge in [0.05, 0.1) is 0 Å². The molecule has 2 unspecified atom stereocenters. The third-order valence-electron chi connectivity index (χ3n) is 4.47. The van der Waals surface area contributed by atoms with Gasteiger partial charge >= 0.3 is 0 Å². The number of amides is 1. The monoisotopic (exact) mass is 308 g/mol. The molecule has 3 N–H and O–H groups in total. The third kappa shape index (κ3) is 5.79. The highest BCUT2D eigenvalue weighted by Crippen LogP contribution is 2.23. The molecular formula is C17H28N2OS. The van der Waals surface area contributed by atoms with Gasteiger partial charge in [-0.15, -0.1) is 11.3 Å². The normalized spacial score (nSPS) is 22.1. The summed E-state index contributed by atoms with van der Waals surface area (Å²) in [6, 6.07) is 4.61. The van der Waals surface area contributed by atoms with E-state index < -0.39 is 0 Å². The number of nitrogens with two attached hydrogens (primary N) is 1. The van der Waals surface area contributed by atoms with Gasteiger partial charge in [-0.05, 0) is 56.0 Å². The molecule has 0 aliphatic heterocycles. The van der Waals surface area contributed by atoms with Crippen LogP contribution in [0.5, 0.6) is 0 Å². The van der Waals surface area contributed by atoms with Crippen molar-refractivity contribution < 1.29 is 4.79 Å². The zero-order valence-electron chi connectivity index (χ0n) is 12.9. The van der Waals surface area contributed by atoms with E-state index in [0.29, 0.717) is 24.9 Å². The van der Waals surface area contributed by atoms with Crippen molar-refractivity contribution in [1.29, 1.82) is 0 Å². The third-order valence-corrected chi connectivity index (χ3v) is 5.40. The smallest absolute Gasteiger partial charge is 0.220 e. The summed E-state index contributed by atoms with van der Waals surface area (Å²) < 4.78 is 0. The summed E-state index contributed by atoms with van der Waals surface area (Å²) in [5.74, 6) is 0.706. The first kappa shape index (κ1) is 16.5. The fourth-order valence-electron chi connectivity index (χ4n) is 3.18. The molecule has 1 aromatic rings. The van der Waals surface area contributed by atoms with Gasteiger partial charge in [-0.25, -0.2) is 0 Å². The molecule has 4 heteroatoms. The van der Waals surface area contributed by atoms with Crippen molar-refractivity contribution in [2.24, 2.45) is 11.7 Å². The Labute approximate surface area is 132 Å². The summed E-state index contributed by atoms with van der Waals surface area (Å²) in [7, 11) is 0. The molecule has 0 bridgehead atoms. The Balaban J connectivity index is 1.56. The Morgan fingerprint density at radius 2 is 2.14 bits per heavy atom. The van der Waals surface area contributed by atoms with Crippen molar-refractivity contribution in [3.8, 4) is 0 Å². The number of hydrogen-bond donors (Lipinski definition) is 2. The number of nitrogens with one attached hydrogen (secondary N) is 1. The Kier molecular flexibility index (Phi) is 7.24. The van der Waals surface area contributed by atoms with Crippen LogP contribution in [-0.4, -0.2) is 18.5 Å². The fourth-order valence-corrected chi connectivity index (χ4v) is 3.93. The van der Waals surface area contributed by atoms with E-state index in [4.69, 9.17) is 5.73 Å². The van der Waals surface area contributed by atoms with E-state index in [1.54, 1.807) is 0 Å². The molecular weight excluding hydrogens is 280 g/mol. The van der Waals surface area contributed by atoms with Gasteiger partial charge in [0.2, 0.25) is 5.91 Å².